The van der Waals surface area contributed by atoms with Gasteiger partial charge < -0.3 is 9.47 Å². The third-order valence-electron chi connectivity index (χ3n) is 3.23. The minimum atomic E-state index is -4.56. The number of nitro groups is 1. The van der Waals surface area contributed by atoms with Crippen LogP contribution in [-0.4, -0.2) is 24.4 Å². The van der Waals surface area contributed by atoms with Gasteiger partial charge in [0.05, 0.1) is 15.5 Å². The SMILES string of the molecule is COCC(=O)c1cc(Oc2ccc(C(F)(F)F)cc2Cl)ccc1[N+](=O)[O-].[K+]. The second-order valence-electron chi connectivity index (χ2n) is 5.04. The van der Waals surface area contributed by atoms with E-state index in [4.69, 9.17) is 16.3 Å². The van der Waals surface area contributed by atoms with Crippen LogP contribution in [0.25, 0.3) is 0 Å². The molecule has 0 aliphatic heterocycles. The molecule has 2 rings (SSSR count). The second-order valence-corrected chi connectivity index (χ2v) is 5.44. The topological polar surface area (TPSA) is 78.7 Å². The Morgan fingerprint density at radius 2 is 1.89 bits per heavy atom. The summed E-state index contributed by atoms with van der Waals surface area (Å²) in [5, 5.41) is 10.7. The molecule has 0 saturated carbocycles. The van der Waals surface area contributed by atoms with Crippen LogP contribution < -0.4 is 56.1 Å². The monoisotopic (exact) mass is 428 g/mol. The fourth-order valence-corrected chi connectivity index (χ4v) is 2.28. The van der Waals surface area contributed by atoms with Crippen molar-refractivity contribution in [2.24, 2.45) is 0 Å². The number of hydrogen-bond donors (Lipinski definition) is 0. The first-order valence-corrected chi connectivity index (χ1v) is 7.36. The number of rotatable bonds is 6. The summed E-state index contributed by atoms with van der Waals surface area (Å²) in [6, 6.07) is 5.85. The molecule has 0 unspecified atom stereocenters. The van der Waals surface area contributed by atoms with Crippen LogP contribution in [-0.2, 0) is 10.9 Å². The van der Waals surface area contributed by atoms with Crippen molar-refractivity contribution in [2.45, 2.75) is 6.18 Å². The average Bonchev–Trinajstić information content (AvgIpc) is 2.55. The molecule has 0 bridgehead atoms. The Kier molecular flexibility index (Phi) is 8.86. The van der Waals surface area contributed by atoms with Gasteiger partial charge >= 0.3 is 57.6 Å². The molecule has 0 saturated heterocycles. The van der Waals surface area contributed by atoms with Gasteiger partial charge in [0.1, 0.15) is 23.7 Å². The fourth-order valence-electron chi connectivity index (χ4n) is 2.06. The number of nitrogens with zero attached hydrogens (tertiary/aromatic N) is 1. The molecule has 0 fully saturated rings. The number of methoxy groups -OCH3 is 1. The molecular formula is C16H11ClF3KNO5+. The van der Waals surface area contributed by atoms with Crippen molar-refractivity contribution in [1.29, 1.82) is 0 Å². The van der Waals surface area contributed by atoms with Crippen molar-refractivity contribution in [3.63, 3.8) is 0 Å². The number of alkyl halides is 3. The van der Waals surface area contributed by atoms with Gasteiger partial charge in [-0.3, -0.25) is 14.9 Å². The van der Waals surface area contributed by atoms with Gasteiger partial charge in [0.25, 0.3) is 5.69 Å². The zero-order valence-corrected chi connectivity index (χ0v) is 18.1. The van der Waals surface area contributed by atoms with Crippen molar-refractivity contribution in [3.8, 4) is 11.5 Å². The van der Waals surface area contributed by atoms with Gasteiger partial charge in [-0.15, -0.1) is 0 Å². The number of Topliss-reactive ketones (excluding diaryl/α,β-unsaturated/α-hetero) is 1. The van der Waals surface area contributed by atoms with Crippen LogP contribution in [0.15, 0.2) is 36.4 Å². The Balaban J connectivity index is 0.00000364. The van der Waals surface area contributed by atoms with Crippen LogP contribution in [0.5, 0.6) is 11.5 Å². The van der Waals surface area contributed by atoms with E-state index in [0.29, 0.717) is 6.07 Å². The number of halogens is 4. The van der Waals surface area contributed by atoms with Crippen molar-refractivity contribution in [1.82, 2.24) is 0 Å². The van der Waals surface area contributed by atoms with Crippen LogP contribution in [0.1, 0.15) is 15.9 Å². The van der Waals surface area contributed by atoms with Crippen LogP contribution >= 0.6 is 11.6 Å². The van der Waals surface area contributed by atoms with E-state index in [0.717, 1.165) is 24.3 Å². The number of hydrogen-bond acceptors (Lipinski definition) is 5. The van der Waals surface area contributed by atoms with Gasteiger partial charge in [-0.2, -0.15) is 13.2 Å². The third kappa shape index (κ3) is 6.24. The summed E-state index contributed by atoms with van der Waals surface area (Å²) >= 11 is 5.80. The first kappa shape index (κ1) is 24.0. The van der Waals surface area contributed by atoms with E-state index in [1.54, 1.807) is 0 Å². The van der Waals surface area contributed by atoms with Gasteiger partial charge in [-0.1, -0.05) is 11.6 Å². The Morgan fingerprint density at radius 1 is 1.22 bits per heavy atom. The van der Waals surface area contributed by atoms with Crippen molar-refractivity contribution in [2.75, 3.05) is 13.7 Å². The molecule has 0 amide bonds. The van der Waals surface area contributed by atoms with Gasteiger partial charge in [0.2, 0.25) is 0 Å². The largest absolute Gasteiger partial charge is 1.00 e. The third-order valence-corrected chi connectivity index (χ3v) is 3.52. The zero-order chi connectivity index (χ0) is 19.5. The van der Waals surface area contributed by atoms with E-state index in [1.165, 1.54) is 13.2 Å². The number of benzene rings is 2. The number of carbonyl (C=O) groups is 1. The summed E-state index contributed by atoms with van der Waals surface area (Å²) in [4.78, 5) is 22.3. The smallest absolute Gasteiger partial charge is 0.456 e. The summed E-state index contributed by atoms with van der Waals surface area (Å²) in [5.74, 6) is -0.751. The Labute approximate surface area is 199 Å². The minimum absolute atomic E-state index is 0. The molecule has 0 atom stereocenters. The molecule has 138 valence electrons. The summed E-state index contributed by atoms with van der Waals surface area (Å²) in [6.45, 7) is -0.384. The van der Waals surface area contributed by atoms with E-state index >= 15 is 0 Å². The van der Waals surface area contributed by atoms with E-state index in [9.17, 15) is 28.1 Å². The molecule has 11 heteroatoms. The van der Waals surface area contributed by atoms with Gasteiger partial charge in [-0.25, -0.2) is 0 Å². The molecular weight excluding hydrogens is 418 g/mol. The predicted molar refractivity (Wildman–Crippen MR) is 85.8 cm³/mol. The van der Waals surface area contributed by atoms with E-state index in [1.807, 2.05) is 0 Å². The summed E-state index contributed by atoms with van der Waals surface area (Å²) < 4.78 is 48.0. The van der Waals surface area contributed by atoms with Crippen molar-refractivity contribution < 1.29 is 83.7 Å². The summed E-state index contributed by atoms with van der Waals surface area (Å²) in [6.07, 6.45) is -4.56. The van der Waals surface area contributed by atoms with Crippen LogP contribution in [0, 0.1) is 10.1 Å². The molecule has 0 aromatic heterocycles. The number of ether oxygens (including phenoxy) is 2. The van der Waals surface area contributed by atoms with Crippen molar-refractivity contribution in [3.05, 3.63) is 62.7 Å². The molecule has 2 aromatic rings. The average molecular weight is 429 g/mol. The quantitative estimate of drug-likeness (QED) is 0.304. The maximum atomic E-state index is 12.6. The van der Waals surface area contributed by atoms with Gasteiger partial charge in [0, 0.05) is 13.2 Å². The molecule has 0 aliphatic rings. The Hall–Kier alpha value is -1.01. The Bertz CT molecular complexity index is 860. The van der Waals surface area contributed by atoms with E-state index in [2.05, 4.69) is 4.74 Å². The number of ketones is 1. The first-order valence-electron chi connectivity index (χ1n) is 6.98. The first-order chi connectivity index (χ1) is 12.1. The van der Waals surface area contributed by atoms with Crippen LogP contribution in [0.4, 0.5) is 18.9 Å². The van der Waals surface area contributed by atoms with Crippen molar-refractivity contribution >= 4 is 23.1 Å². The molecule has 0 heterocycles. The molecule has 0 spiro atoms. The van der Waals surface area contributed by atoms with E-state index in [-0.39, 0.29) is 80.1 Å². The standard InChI is InChI=1S/C16H11ClF3NO5.K/c1-25-8-14(22)11-7-10(3-4-13(11)21(23)24)26-15-5-2-9(6-12(15)17)16(18,19)20;/h2-7H,8H2,1H3;/q;+1. The molecule has 2 aromatic carbocycles. The molecule has 6 nitrogen and oxygen atoms in total. The number of carbonyl (C=O) groups excluding carboxylic acids is 1. The molecule has 0 N–H and O–H groups in total. The zero-order valence-electron chi connectivity index (χ0n) is 14.2. The number of nitro benzene ring substituents is 1. The normalized spacial score (nSPS) is 10.9. The molecule has 0 radical (unpaired) electrons. The van der Waals surface area contributed by atoms with Gasteiger partial charge in [-0.05, 0) is 30.3 Å². The predicted octanol–water partition coefficient (Wildman–Crippen LogP) is 1.89. The van der Waals surface area contributed by atoms with Gasteiger partial charge in [0.15, 0.2) is 5.78 Å². The minimum Gasteiger partial charge on any atom is -0.456 e. The van der Waals surface area contributed by atoms with Crippen LogP contribution in [0.2, 0.25) is 5.02 Å². The van der Waals surface area contributed by atoms with Crippen LogP contribution in [0.3, 0.4) is 0 Å². The maximum Gasteiger partial charge on any atom is 1.00 e. The molecule has 0 aliphatic carbocycles. The fraction of sp³-hybridized carbons (Fsp3) is 0.188. The molecule has 27 heavy (non-hydrogen) atoms. The van der Waals surface area contributed by atoms with E-state index < -0.39 is 28.1 Å². The summed E-state index contributed by atoms with van der Waals surface area (Å²) in [7, 11) is 1.26. The Morgan fingerprint density at radius 3 is 2.41 bits per heavy atom. The summed E-state index contributed by atoms with van der Waals surface area (Å²) in [5.41, 5.74) is -1.65. The maximum absolute atomic E-state index is 12.6. The second kappa shape index (κ2) is 9.96.